The molecule has 2 aromatic heterocycles. The Hall–Kier alpha value is -1.73. The van der Waals surface area contributed by atoms with Gasteiger partial charge in [0, 0.05) is 11.9 Å². The zero-order valence-electron chi connectivity index (χ0n) is 11.8. The van der Waals surface area contributed by atoms with Crippen molar-refractivity contribution in [3.05, 3.63) is 28.6 Å². The van der Waals surface area contributed by atoms with E-state index in [1.54, 1.807) is 25.2 Å². The second kappa shape index (κ2) is 6.36. The number of aliphatic carboxylic acids is 1. The molecule has 0 aromatic carbocycles. The van der Waals surface area contributed by atoms with Gasteiger partial charge in [0.15, 0.2) is 0 Å². The molecule has 2 rings (SSSR count). The topological polar surface area (TPSA) is 79.3 Å². The summed E-state index contributed by atoms with van der Waals surface area (Å²) in [6, 6.07) is 3.96. The van der Waals surface area contributed by atoms with Gasteiger partial charge in [-0.15, -0.1) is 22.7 Å². The normalized spacial score (nSPS) is 11.3. The molecule has 0 radical (unpaired) electrons. The highest BCUT2D eigenvalue weighted by Gasteiger charge is 2.32. The van der Waals surface area contributed by atoms with Crippen LogP contribution in [0.25, 0.3) is 9.88 Å². The van der Waals surface area contributed by atoms with Crippen LogP contribution in [0.5, 0.6) is 0 Å². The lowest BCUT2D eigenvalue weighted by Gasteiger charge is -2.21. The minimum atomic E-state index is -0.929. The molecule has 0 aliphatic rings. The number of amides is 1. The number of carbonyl (C=O) groups excluding carboxylic acids is 1. The third-order valence-electron chi connectivity index (χ3n) is 3.07. The Balaban J connectivity index is 2.08. The Morgan fingerprint density at radius 2 is 2.14 bits per heavy atom. The van der Waals surface area contributed by atoms with Crippen molar-refractivity contribution in [2.75, 3.05) is 6.54 Å². The number of nitrogens with zero attached hydrogens (tertiary/aromatic N) is 1. The third-order valence-corrected chi connectivity index (χ3v) is 4.95. The second-order valence-electron chi connectivity index (χ2n) is 5.04. The van der Waals surface area contributed by atoms with Crippen molar-refractivity contribution in [1.82, 2.24) is 10.3 Å². The van der Waals surface area contributed by atoms with Crippen LogP contribution >= 0.6 is 22.7 Å². The molecule has 0 unspecified atom stereocenters. The summed E-state index contributed by atoms with van der Waals surface area (Å²) in [5, 5.41) is 16.0. The predicted octanol–water partition coefficient (Wildman–Crippen LogP) is 2.74. The summed E-state index contributed by atoms with van der Waals surface area (Å²) in [6.45, 7) is 3.70. The summed E-state index contributed by atoms with van der Waals surface area (Å²) < 4.78 is 0. The Kier molecular flexibility index (Phi) is 4.74. The molecule has 0 fully saturated rings. The standard InChI is InChI=1S/C14H16N2O3S2/c1-14(2,13(19)15-6-5-11(17)18)10-8-21-12(16-10)9-4-3-7-20-9/h3-4,7-8H,5-6H2,1-2H3,(H,15,19)(H,17,18). The molecule has 2 aromatic rings. The number of carbonyl (C=O) groups is 2. The zero-order valence-corrected chi connectivity index (χ0v) is 13.4. The highest BCUT2D eigenvalue weighted by molar-refractivity contribution is 7.20. The number of nitrogens with one attached hydrogen (secondary N) is 1. The van der Waals surface area contributed by atoms with E-state index in [9.17, 15) is 9.59 Å². The van der Waals surface area contributed by atoms with Crippen molar-refractivity contribution in [2.24, 2.45) is 0 Å². The van der Waals surface area contributed by atoms with Gasteiger partial charge in [-0.25, -0.2) is 4.98 Å². The predicted molar refractivity (Wildman–Crippen MR) is 83.7 cm³/mol. The van der Waals surface area contributed by atoms with Crippen molar-refractivity contribution < 1.29 is 14.7 Å². The first kappa shape index (κ1) is 15.7. The Labute approximate surface area is 130 Å². The molecular weight excluding hydrogens is 308 g/mol. The van der Waals surface area contributed by atoms with Crippen LogP contribution in [0, 0.1) is 0 Å². The van der Waals surface area contributed by atoms with E-state index in [4.69, 9.17) is 5.11 Å². The maximum Gasteiger partial charge on any atom is 0.305 e. The number of thiophene rings is 1. The molecule has 2 N–H and O–H groups in total. The molecule has 0 atom stereocenters. The van der Waals surface area contributed by atoms with Gasteiger partial charge in [0.2, 0.25) is 5.91 Å². The zero-order chi connectivity index (χ0) is 15.5. The number of hydrogen-bond acceptors (Lipinski definition) is 5. The lowest BCUT2D eigenvalue weighted by Crippen LogP contribution is -2.41. The number of rotatable bonds is 6. The molecule has 112 valence electrons. The van der Waals surface area contributed by atoms with E-state index in [0.29, 0.717) is 5.69 Å². The maximum atomic E-state index is 12.2. The first-order valence-electron chi connectivity index (χ1n) is 6.41. The van der Waals surface area contributed by atoms with Gasteiger partial charge < -0.3 is 10.4 Å². The molecular formula is C14H16N2O3S2. The van der Waals surface area contributed by atoms with E-state index in [2.05, 4.69) is 10.3 Å². The van der Waals surface area contributed by atoms with Crippen LogP contribution in [0.4, 0.5) is 0 Å². The average Bonchev–Trinajstić information content (AvgIpc) is 3.09. The lowest BCUT2D eigenvalue weighted by atomic mass is 9.89. The third kappa shape index (κ3) is 3.68. The van der Waals surface area contributed by atoms with Crippen molar-refractivity contribution in [3.8, 4) is 9.88 Å². The Morgan fingerprint density at radius 3 is 2.76 bits per heavy atom. The van der Waals surface area contributed by atoms with Gasteiger partial charge in [0.05, 0.1) is 22.4 Å². The minimum Gasteiger partial charge on any atom is -0.481 e. The Bertz CT molecular complexity index is 632. The van der Waals surface area contributed by atoms with Gasteiger partial charge in [-0.3, -0.25) is 9.59 Å². The number of hydrogen-bond donors (Lipinski definition) is 2. The first-order chi connectivity index (χ1) is 9.91. The largest absolute Gasteiger partial charge is 0.481 e. The second-order valence-corrected chi connectivity index (χ2v) is 6.85. The van der Waals surface area contributed by atoms with E-state index in [0.717, 1.165) is 9.88 Å². The summed E-state index contributed by atoms with van der Waals surface area (Å²) in [7, 11) is 0. The molecule has 0 saturated carbocycles. The van der Waals surface area contributed by atoms with Crippen molar-refractivity contribution in [1.29, 1.82) is 0 Å². The molecule has 0 aliphatic carbocycles. The van der Waals surface area contributed by atoms with Crippen LogP contribution in [-0.4, -0.2) is 28.5 Å². The van der Waals surface area contributed by atoms with Crippen LogP contribution in [0.3, 0.4) is 0 Å². The summed E-state index contributed by atoms with van der Waals surface area (Å²) in [4.78, 5) is 28.3. The minimum absolute atomic E-state index is 0.0840. The van der Waals surface area contributed by atoms with Gasteiger partial charge in [0.25, 0.3) is 0 Å². The molecule has 0 bridgehead atoms. The summed E-state index contributed by atoms with van der Waals surface area (Å²) in [5.74, 6) is -1.14. The van der Waals surface area contributed by atoms with E-state index in [-0.39, 0.29) is 18.9 Å². The monoisotopic (exact) mass is 324 g/mol. The fourth-order valence-electron chi connectivity index (χ4n) is 1.69. The van der Waals surface area contributed by atoms with E-state index < -0.39 is 11.4 Å². The molecule has 21 heavy (non-hydrogen) atoms. The van der Waals surface area contributed by atoms with Crippen LogP contribution in [0.1, 0.15) is 26.0 Å². The fourth-order valence-corrected chi connectivity index (χ4v) is 3.50. The lowest BCUT2D eigenvalue weighted by molar-refractivity contribution is -0.137. The highest BCUT2D eigenvalue weighted by Crippen LogP contribution is 2.32. The first-order valence-corrected chi connectivity index (χ1v) is 8.17. The SMILES string of the molecule is CC(C)(C(=O)NCCC(=O)O)c1csc(-c2cccs2)n1. The molecule has 0 aliphatic heterocycles. The summed E-state index contributed by atoms with van der Waals surface area (Å²) in [6.07, 6.45) is -0.0840. The quantitative estimate of drug-likeness (QED) is 0.856. The van der Waals surface area contributed by atoms with Crippen LogP contribution in [-0.2, 0) is 15.0 Å². The van der Waals surface area contributed by atoms with Crippen molar-refractivity contribution in [2.45, 2.75) is 25.7 Å². The smallest absolute Gasteiger partial charge is 0.305 e. The molecule has 2 heterocycles. The number of carboxylic acids is 1. The van der Waals surface area contributed by atoms with Gasteiger partial charge in [-0.1, -0.05) is 6.07 Å². The number of carboxylic acid groups (broad SMARTS) is 1. The molecule has 7 heteroatoms. The molecule has 0 saturated heterocycles. The number of thiazole rings is 1. The molecule has 1 amide bonds. The highest BCUT2D eigenvalue weighted by atomic mass is 32.1. The van der Waals surface area contributed by atoms with Crippen LogP contribution < -0.4 is 5.32 Å². The van der Waals surface area contributed by atoms with Crippen LogP contribution in [0.2, 0.25) is 0 Å². The fraction of sp³-hybridized carbons (Fsp3) is 0.357. The summed E-state index contributed by atoms with van der Waals surface area (Å²) >= 11 is 3.11. The van der Waals surface area contributed by atoms with E-state index in [1.165, 1.54) is 11.3 Å². The van der Waals surface area contributed by atoms with Crippen molar-refractivity contribution >= 4 is 34.6 Å². The van der Waals surface area contributed by atoms with E-state index in [1.807, 2.05) is 22.9 Å². The van der Waals surface area contributed by atoms with Gasteiger partial charge >= 0.3 is 5.97 Å². The van der Waals surface area contributed by atoms with E-state index >= 15 is 0 Å². The molecule has 0 spiro atoms. The molecule has 5 nitrogen and oxygen atoms in total. The maximum absolute atomic E-state index is 12.2. The van der Waals surface area contributed by atoms with Gasteiger partial charge in [-0.2, -0.15) is 0 Å². The van der Waals surface area contributed by atoms with Crippen LogP contribution in [0.15, 0.2) is 22.9 Å². The van der Waals surface area contributed by atoms with Gasteiger partial charge in [-0.05, 0) is 25.3 Å². The summed E-state index contributed by atoms with van der Waals surface area (Å²) in [5.41, 5.74) is -0.0893. The number of aromatic nitrogens is 1. The van der Waals surface area contributed by atoms with Gasteiger partial charge in [0.1, 0.15) is 5.01 Å². The Morgan fingerprint density at radius 1 is 1.38 bits per heavy atom. The average molecular weight is 324 g/mol. The van der Waals surface area contributed by atoms with Crippen molar-refractivity contribution in [3.63, 3.8) is 0 Å².